The molecule has 4 heteroatoms. The van der Waals surface area contributed by atoms with Crippen LogP contribution in [0.4, 0.5) is 5.69 Å². The van der Waals surface area contributed by atoms with Crippen molar-refractivity contribution in [1.29, 1.82) is 0 Å². The van der Waals surface area contributed by atoms with Crippen LogP contribution >= 0.6 is 0 Å². The van der Waals surface area contributed by atoms with Crippen LogP contribution in [-0.4, -0.2) is 14.8 Å². The highest BCUT2D eigenvalue weighted by molar-refractivity contribution is 5.96. The van der Waals surface area contributed by atoms with Gasteiger partial charge in [0.15, 0.2) is 0 Å². The lowest BCUT2D eigenvalue weighted by Gasteiger charge is -1.96. The number of hydrogen-bond donors (Lipinski definition) is 2. The predicted molar refractivity (Wildman–Crippen MR) is 64.9 cm³/mol. The van der Waals surface area contributed by atoms with Gasteiger partial charge in [0.25, 0.3) is 0 Å². The highest BCUT2D eigenvalue weighted by Crippen LogP contribution is 2.29. The number of anilines is 1. The van der Waals surface area contributed by atoms with Crippen LogP contribution in [0.15, 0.2) is 36.8 Å². The van der Waals surface area contributed by atoms with Gasteiger partial charge in [0.2, 0.25) is 0 Å². The molecular formula is C12H12N4. The Labute approximate surface area is 92.7 Å². The molecule has 0 amide bonds. The summed E-state index contributed by atoms with van der Waals surface area (Å²) in [5.41, 5.74) is 9.83. The van der Waals surface area contributed by atoms with E-state index in [4.69, 9.17) is 5.73 Å². The van der Waals surface area contributed by atoms with Gasteiger partial charge in [-0.25, -0.2) is 0 Å². The Hall–Kier alpha value is -2.23. The second kappa shape index (κ2) is 3.13. The van der Waals surface area contributed by atoms with Gasteiger partial charge in [-0.15, -0.1) is 0 Å². The van der Waals surface area contributed by atoms with Gasteiger partial charge in [-0.2, -0.15) is 5.10 Å². The number of nitrogens with two attached hydrogens (primary N) is 1. The van der Waals surface area contributed by atoms with Gasteiger partial charge in [-0.3, -0.25) is 4.68 Å². The maximum absolute atomic E-state index is 5.74. The third-order valence-electron chi connectivity index (χ3n) is 2.72. The van der Waals surface area contributed by atoms with E-state index in [-0.39, 0.29) is 0 Å². The standard InChI is InChI=1S/C12H12N4/c1-16-7-8(5-15-16)11-6-14-12-4-9(13)2-3-10(11)12/h2-7,14H,13H2,1H3. The summed E-state index contributed by atoms with van der Waals surface area (Å²) in [5, 5.41) is 5.34. The lowest BCUT2D eigenvalue weighted by atomic mass is 10.1. The average Bonchev–Trinajstić information content (AvgIpc) is 2.83. The van der Waals surface area contributed by atoms with E-state index in [0.29, 0.717) is 0 Å². The van der Waals surface area contributed by atoms with Crippen molar-refractivity contribution in [1.82, 2.24) is 14.8 Å². The van der Waals surface area contributed by atoms with Gasteiger partial charge in [-0.1, -0.05) is 6.07 Å². The Morgan fingerprint density at radius 2 is 2.25 bits per heavy atom. The largest absolute Gasteiger partial charge is 0.399 e. The molecule has 0 spiro atoms. The maximum atomic E-state index is 5.74. The minimum Gasteiger partial charge on any atom is -0.399 e. The number of fused-ring (bicyclic) bond motifs is 1. The number of nitrogen functional groups attached to an aromatic ring is 1. The van der Waals surface area contributed by atoms with E-state index in [1.54, 1.807) is 4.68 Å². The summed E-state index contributed by atoms with van der Waals surface area (Å²) >= 11 is 0. The lowest BCUT2D eigenvalue weighted by molar-refractivity contribution is 0.768. The van der Waals surface area contributed by atoms with Crippen molar-refractivity contribution in [2.45, 2.75) is 0 Å². The molecule has 4 nitrogen and oxygen atoms in total. The van der Waals surface area contributed by atoms with Crippen LogP contribution in [0.3, 0.4) is 0 Å². The molecule has 3 rings (SSSR count). The molecule has 0 aliphatic rings. The summed E-state index contributed by atoms with van der Waals surface area (Å²) < 4.78 is 1.80. The molecule has 0 atom stereocenters. The van der Waals surface area contributed by atoms with Crippen molar-refractivity contribution in [2.24, 2.45) is 7.05 Å². The summed E-state index contributed by atoms with van der Waals surface area (Å²) in [6.07, 6.45) is 5.85. The highest BCUT2D eigenvalue weighted by atomic mass is 15.2. The van der Waals surface area contributed by atoms with Gasteiger partial charge in [0.05, 0.1) is 6.20 Å². The zero-order valence-electron chi connectivity index (χ0n) is 8.94. The first-order valence-corrected chi connectivity index (χ1v) is 5.10. The van der Waals surface area contributed by atoms with Gasteiger partial charge in [0.1, 0.15) is 0 Å². The maximum Gasteiger partial charge on any atom is 0.0568 e. The normalized spacial score (nSPS) is 11.1. The molecule has 80 valence electrons. The summed E-state index contributed by atoms with van der Waals surface area (Å²) in [6.45, 7) is 0. The topological polar surface area (TPSA) is 59.6 Å². The molecule has 0 unspecified atom stereocenters. The van der Waals surface area contributed by atoms with E-state index in [1.807, 2.05) is 43.8 Å². The fourth-order valence-corrected chi connectivity index (χ4v) is 1.94. The third-order valence-corrected chi connectivity index (χ3v) is 2.72. The molecule has 0 aliphatic heterocycles. The highest BCUT2D eigenvalue weighted by Gasteiger charge is 2.07. The third kappa shape index (κ3) is 1.27. The Morgan fingerprint density at radius 1 is 1.38 bits per heavy atom. The monoisotopic (exact) mass is 212 g/mol. The zero-order valence-corrected chi connectivity index (χ0v) is 8.94. The zero-order chi connectivity index (χ0) is 11.1. The summed E-state index contributed by atoms with van der Waals surface area (Å²) in [5.74, 6) is 0. The number of benzene rings is 1. The lowest BCUT2D eigenvalue weighted by Crippen LogP contribution is -1.84. The van der Waals surface area contributed by atoms with E-state index in [0.717, 1.165) is 22.3 Å². The number of hydrogen-bond acceptors (Lipinski definition) is 2. The quantitative estimate of drug-likeness (QED) is 0.607. The minimum atomic E-state index is 0.770. The van der Waals surface area contributed by atoms with Crippen molar-refractivity contribution in [3.05, 3.63) is 36.8 Å². The molecule has 0 radical (unpaired) electrons. The van der Waals surface area contributed by atoms with Crippen molar-refractivity contribution in [3.8, 4) is 11.1 Å². The smallest absolute Gasteiger partial charge is 0.0568 e. The molecule has 2 heterocycles. The fourth-order valence-electron chi connectivity index (χ4n) is 1.94. The first kappa shape index (κ1) is 9.03. The summed E-state index contributed by atoms with van der Waals surface area (Å²) in [6, 6.07) is 5.88. The molecule has 16 heavy (non-hydrogen) atoms. The minimum absolute atomic E-state index is 0.770. The van der Waals surface area contributed by atoms with Crippen LogP contribution in [0.25, 0.3) is 22.0 Å². The molecular weight excluding hydrogens is 200 g/mol. The van der Waals surface area contributed by atoms with Crippen LogP contribution in [0.2, 0.25) is 0 Å². The first-order valence-electron chi connectivity index (χ1n) is 5.10. The summed E-state index contributed by atoms with van der Waals surface area (Å²) in [4.78, 5) is 3.22. The average molecular weight is 212 g/mol. The second-order valence-electron chi connectivity index (χ2n) is 3.91. The molecule has 2 aromatic heterocycles. The van der Waals surface area contributed by atoms with E-state index in [2.05, 4.69) is 10.1 Å². The van der Waals surface area contributed by atoms with E-state index < -0.39 is 0 Å². The van der Waals surface area contributed by atoms with Crippen molar-refractivity contribution in [3.63, 3.8) is 0 Å². The Bertz CT molecular complexity index is 648. The molecule has 1 aromatic carbocycles. The van der Waals surface area contributed by atoms with Crippen LogP contribution in [0.5, 0.6) is 0 Å². The Balaban J connectivity index is 2.25. The molecule has 0 aliphatic carbocycles. The number of nitrogens with one attached hydrogen (secondary N) is 1. The Kier molecular flexibility index (Phi) is 1.77. The fraction of sp³-hybridized carbons (Fsp3) is 0.0833. The van der Waals surface area contributed by atoms with Gasteiger partial charge in [-0.05, 0) is 12.1 Å². The number of aromatic nitrogens is 3. The van der Waals surface area contributed by atoms with Gasteiger partial charge >= 0.3 is 0 Å². The SMILES string of the molecule is Cn1cc(-c2c[nH]c3cc(N)ccc23)cn1. The van der Waals surface area contributed by atoms with E-state index in [1.165, 1.54) is 5.39 Å². The van der Waals surface area contributed by atoms with Crippen LogP contribution in [0.1, 0.15) is 0 Å². The van der Waals surface area contributed by atoms with Crippen LogP contribution in [-0.2, 0) is 7.05 Å². The van der Waals surface area contributed by atoms with Crippen molar-refractivity contribution < 1.29 is 0 Å². The molecule has 3 aromatic rings. The summed E-state index contributed by atoms with van der Waals surface area (Å²) in [7, 11) is 1.91. The number of nitrogens with zero attached hydrogens (tertiary/aromatic N) is 2. The molecule has 0 bridgehead atoms. The first-order chi connectivity index (χ1) is 7.74. The number of rotatable bonds is 1. The molecule has 3 N–H and O–H groups in total. The number of aryl methyl sites for hydroxylation is 1. The predicted octanol–water partition coefficient (Wildman–Crippen LogP) is 2.15. The van der Waals surface area contributed by atoms with E-state index >= 15 is 0 Å². The molecule has 0 saturated heterocycles. The van der Waals surface area contributed by atoms with Crippen LogP contribution in [0, 0.1) is 0 Å². The Morgan fingerprint density at radius 3 is 3.00 bits per heavy atom. The van der Waals surface area contributed by atoms with Crippen molar-refractivity contribution >= 4 is 16.6 Å². The number of H-pyrrole nitrogens is 1. The van der Waals surface area contributed by atoms with Crippen LogP contribution < -0.4 is 5.73 Å². The van der Waals surface area contributed by atoms with E-state index in [9.17, 15) is 0 Å². The van der Waals surface area contributed by atoms with Crippen molar-refractivity contribution in [2.75, 3.05) is 5.73 Å². The second-order valence-corrected chi connectivity index (χ2v) is 3.91. The molecule has 0 saturated carbocycles. The molecule has 0 fully saturated rings. The van der Waals surface area contributed by atoms with Gasteiger partial charge in [0, 0.05) is 47.2 Å². The number of aromatic amines is 1. The van der Waals surface area contributed by atoms with Gasteiger partial charge < -0.3 is 10.7 Å².